The number of allylic oxidation sites excluding steroid dienone is 11. The van der Waals surface area contributed by atoms with Crippen LogP contribution in [0.3, 0.4) is 0 Å². The van der Waals surface area contributed by atoms with Gasteiger partial charge in [-0.05, 0) is 26.0 Å². The summed E-state index contributed by atoms with van der Waals surface area (Å²) >= 11 is 0. The van der Waals surface area contributed by atoms with E-state index >= 15 is 0 Å². The molecule has 0 atom stereocenters. The number of hydrogen-bond donors (Lipinski definition) is 1. The molecule has 1 nitrogen and oxygen atoms in total. The topological polar surface area (TPSA) is 20.2 Å². The molecule has 0 aliphatic carbocycles. The van der Waals surface area contributed by atoms with Crippen molar-refractivity contribution in [1.82, 2.24) is 0 Å². The summed E-state index contributed by atoms with van der Waals surface area (Å²) in [5.41, 5.74) is 2.09. The van der Waals surface area contributed by atoms with Crippen LogP contribution in [0, 0.1) is 43.8 Å². The van der Waals surface area contributed by atoms with Gasteiger partial charge in [-0.25, -0.2) is 0 Å². The fraction of sp³-hybridized carbons (Fsp3) is 0.222. The maximum Gasteiger partial charge on any atom is 0.114 e. The molecule has 0 aliphatic heterocycles. The molecule has 0 saturated heterocycles. The molecular formula is C18H25HoO-. The number of aliphatic hydroxyl groups is 1. The molecule has 1 N–H and O–H groups in total. The van der Waals surface area contributed by atoms with Crippen molar-refractivity contribution in [2.75, 3.05) is 0 Å². The fourth-order valence-corrected chi connectivity index (χ4v) is 1.08. The standard InChI is InChI=1S/C16H19O.C2H6.Ho/c1-5-8-9-11-15(10-6-2)14(4)12-13-16(17)7-3;1-2;/h5-7,9-13,17H,1,3H2,2,4H3;1-2H3;/q-1;;/b10-6-,14-12+,15-11+,16-13+;;. The molecule has 0 bridgehead atoms. The summed E-state index contributed by atoms with van der Waals surface area (Å²) in [6.07, 6.45) is 17.0. The average Bonchev–Trinajstić information content (AvgIpc) is 2.45. The molecule has 1 radical (unpaired) electrons. The molecule has 0 rings (SSSR count). The van der Waals surface area contributed by atoms with Crippen molar-refractivity contribution in [2.45, 2.75) is 27.7 Å². The zero-order valence-corrected chi connectivity index (χ0v) is 14.7. The van der Waals surface area contributed by atoms with Gasteiger partial charge in [0.15, 0.2) is 0 Å². The Balaban J connectivity index is -0.000000916. The van der Waals surface area contributed by atoms with Crippen LogP contribution < -0.4 is 0 Å². The summed E-state index contributed by atoms with van der Waals surface area (Å²) < 4.78 is 0. The molecule has 2 heteroatoms. The van der Waals surface area contributed by atoms with Crippen LogP contribution in [0.15, 0.2) is 78.7 Å². The van der Waals surface area contributed by atoms with Gasteiger partial charge in [0.1, 0.15) is 5.76 Å². The Morgan fingerprint density at radius 2 is 1.70 bits per heavy atom. The van der Waals surface area contributed by atoms with Gasteiger partial charge in [0.25, 0.3) is 0 Å². The number of hydrogen-bond acceptors (Lipinski definition) is 1. The van der Waals surface area contributed by atoms with Crippen LogP contribution in [0.4, 0.5) is 0 Å². The second kappa shape index (κ2) is 18.2. The molecule has 20 heavy (non-hydrogen) atoms. The summed E-state index contributed by atoms with van der Waals surface area (Å²) in [7, 11) is 0. The molecule has 0 amide bonds. The normalized spacial score (nSPS) is 12.7. The van der Waals surface area contributed by atoms with E-state index in [-0.39, 0.29) is 43.5 Å². The fourth-order valence-electron chi connectivity index (χ4n) is 1.08. The van der Waals surface area contributed by atoms with Gasteiger partial charge in [0.05, 0.1) is 0 Å². The van der Waals surface area contributed by atoms with Gasteiger partial charge in [0.2, 0.25) is 0 Å². The average molecular weight is 422 g/mol. The van der Waals surface area contributed by atoms with E-state index in [2.05, 4.69) is 19.2 Å². The first-order valence-electron chi connectivity index (χ1n) is 6.39. The zero-order valence-electron chi connectivity index (χ0n) is 12.8. The minimum absolute atomic E-state index is 0. The quantitative estimate of drug-likeness (QED) is 0.254. The minimum Gasteiger partial charge on any atom is -0.508 e. The predicted octanol–water partition coefficient (Wildman–Crippen LogP) is 5.63. The van der Waals surface area contributed by atoms with Crippen LogP contribution in [0.2, 0.25) is 0 Å². The number of aliphatic hydroxyl groups excluding tert-OH is 1. The van der Waals surface area contributed by atoms with Gasteiger partial charge in [0, 0.05) is 37.7 Å². The predicted molar refractivity (Wildman–Crippen MR) is 86.9 cm³/mol. The molecule has 0 spiro atoms. The van der Waals surface area contributed by atoms with E-state index in [0.29, 0.717) is 0 Å². The van der Waals surface area contributed by atoms with Crippen molar-refractivity contribution in [3.05, 3.63) is 84.7 Å². The van der Waals surface area contributed by atoms with Gasteiger partial charge >= 0.3 is 0 Å². The molecule has 0 fully saturated rings. The van der Waals surface area contributed by atoms with Crippen LogP contribution in [-0.2, 0) is 0 Å². The van der Waals surface area contributed by atoms with Crippen LogP contribution >= 0.6 is 0 Å². The molecule has 0 aromatic heterocycles. The van der Waals surface area contributed by atoms with E-state index in [4.69, 9.17) is 0 Å². The van der Waals surface area contributed by atoms with E-state index in [0.717, 1.165) is 11.1 Å². The summed E-state index contributed by atoms with van der Waals surface area (Å²) in [5, 5.41) is 9.26. The monoisotopic (exact) mass is 422 g/mol. The second-order valence-electron chi connectivity index (χ2n) is 3.30. The van der Waals surface area contributed by atoms with Crippen molar-refractivity contribution in [3.8, 4) is 0 Å². The van der Waals surface area contributed by atoms with Gasteiger partial charge in [-0.1, -0.05) is 49.8 Å². The van der Waals surface area contributed by atoms with Gasteiger partial charge in [-0.2, -0.15) is 30.9 Å². The van der Waals surface area contributed by atoms with Crippen molar-refractivity contribution in [3.63, 3.8) is 0 Å². The Labute approximate surface area is 154 Å². The van der Waals surface area contributed by atoms with Gasteiger partial charge in [-0.15, -0.1) is 0 Å². The first kappa shape index (κ1) is 24.3. The summed E-state index contributed by atoms with van der Waals surface area (Å²) in [6, 6.07) is 0. The van der Waals surface area contributed by atoms with Crippen molar-refractivity contribution in [2.24, 2.45) is 0 Å². The van der Waals surface area contributed by atoms with Gasteiger partial charge < -0.3 is 5.11 Å². The molecule has 0 unspecified atom stereocenters. The Kier molecular flexibility index (Phi) is 22.1. The Bertz CT molecular complexity index is 407. The van der Waals surface area contributed by atoms with Crippen LogP contribution in [0.25, 0.3) is 0 Å². The third kappa shape index (κ3) is 13.7. The van der Waals surface area contributed by atoms with E-state index in [1.807, 2.05) is 52.0 Å². The minimum atomic E-state index is 0. The van der Waals surface area contributed by atoms with Crippen molar-refractivity contribution < 1.29 is 42.8 Å². The van der Waals surface area contributed by atoms with Crippen molar-refractivity contribution in [1.29, 1.82) is 0 Å². The third-order valence-electron chi connectivity index (χ3n) is 1.99. The summed E-state index contributed by atoms with van der Waals surface area (Å²) in [5.74, 6) is 0.150. The molecule has 115 valence electrons. The van der Waals surface area contributed by atoms with E-state index in [1.54, 1.807) is 18.2 Å². The Morgan fingerprint density at radius 1 is 1.10 bits per heavy atom. The molecular weight excluding hydrogens is 397 g/mol. The first-order chi connectivity index (χ1) is 9.15. The van der Waals surface area contributed by atoms with Crippen molar-refractivity contribution >= 4 is 0 Å². The smallest absolute Gasteiger partial charge is 0.114 e. The number of rotatable bonds is 6. The molecule has 0 saturated carbocycles. The second-order valence-corrected chi connectivity index (χ2v) is 3.30. The third-order valence-corrected chi connectivity index (χ3v) is 1.99. The maximum absolute atomic E-state index is 9.26. The molecule has 0 heterocycles. The van der Waals surface area contributed by atoms with E-state index < -0.39 is 0 Å². The van der Waals surface area contributed by atoms with E-state index in [9.17, 15) is 5.11 Å². The maximum atomic E-state index is 9.26. The molecule has 0 aromatic rings. The SMILES string of the molecule is C=C[C-]=C/C=C(\C=C/C)C(/C)=C/C=C(/O)C=C.CC.[Ho]. The van der Waals surface area contributed by atoms with Crippen LogP contribution in [0.5, 0.6) is 0 Å². The summed E-state index contributed by atoms with van der Waals surface area (Å²) in [6.45, 7) is 15.0. The summed E-state index contributed by atoms with van der Waals surface area (Å²) in [4.78, 5) is 0. The molecule has 0 aliphatic rings. The Hall–Kier alpha value is -0.760. The van der Waals surface area contributed by atoms with Gasteiger partial charge in [-0.3, -0.25) is 0 Å². The first-order valence-corrected chi connectivity index (χ1v) is 6.39. The van der Waals surface area contributed by atoms with Crippen LogP contribution in [-0.4, -0.2) is 5.11 Å². The van der Waals surface area contributed by atoms with E-state index in [1.165, 1.54) is 6.08 Å². The van der Waals surface area contributed by atoms with Crippen LogP contribution in [0.1, 0.15) is 27.7 Å². The largest absolute Gasteiger partial charge is 0.508 e. The molecule has 0 aromatic carbocycles. The zero-order chi connectivity index (χ0) is 15.1. The Morgan fingerprint density at radius 3 is 2.15 bits per heavy atom.